The van der Waals surface area contributed by atoms with Gasteiger partial charge in [-0.3, -0.25) is 0 Å². The normalized spacial score (nSPS) is 14.3. The molecular weight excluding hydrogens is 240 g/mol. The zero-order valence-electron chi connectivity index (χ0n) is 12.5. The molecule has 0 heterocycles. The molecule has 0 saturated carbocycles. The van der Waals surface area contributed by atoms with E-state index < -0.39 is 0 Å². The third-order valence-electron chi connectivity index (χ3n) is 4.66. The van der Waals surface area contributed by atoms with E-state index in [1.54, 1.807) is 0 Å². The van der Waals surface area contributed by atoms with E-state index in [2.05, 4.69) is 63.2 Å². The summed E-state index contributed by atoms with van der Waals surface area (Å²) in [5.74, 6) is 0. The summed E-state index contributed by atoms with van der Waals surface area (Å²) in [6.45, 7) is 6.91. The second kappa shape index (κ2) is 3.85. The molecule has 1 aliphatic carbocycles. The summed E-state index contributed by atoms with van der Waals surface area (Å²) in [4.78, 5) is 0. The van der Waals surface area contributed by atoms with Gasteiger partial charge in [-0.15, -0.1) is 0 Å². The maximum absolute atomic E-state index is 2.44. The van der Waals surface area contributed by atoms with Crippen LogP contribution in [0.3, 0.4) is 0 Å². The van der Waals surface area contributed by atoms with E-state index in [-0.39, 0.29) is 5.41 Å². The smallest absolute Gasteiger partial charge is 0.00702 e. The van der Waals surface area contributed by atoms with Crippen LogP contribution < -0.4 is 0 Å². The molecule has 0 bridgehead atoms. The van der Waals surface area contributed by atoms with Gasteiger partial charge in [0.1, 0.15) is 0 Å². The fourth-order valence-electron chi connectivity index (χ4n) is 3.51. The third-order valence-corrected chi connectivity index (χ3v) is 4.66. The Morgan fingerprint density at radius 2 is 1.45 bits per heavy atom. The van der Waals surface area contributed by atoms with E-state index in [4.69, 9.17) is 0 Å². The summed E-state index contributed by atoms with van der Waals surface area (Å²) < 4.78 is 0. The molecule has 0 aromatic heterocycles. The highest BCUT2D eigenvalue weighted by atomic mass is 14.2. The van der Waals surface area contributed by atoms with Gasteiger partial charge in [0.05, 0.1) is 0 Å². The van der Waals surface area contributed by atoms with Gasteiger partial charge >= 0.3 is 0 Å². The highest BCUT2D eigenvalue weighted by molar-refractivity contribution is 6.11. The molecule has 20 heavy (non-hydrogen) atoms. The fraction of sp³-hybridized carbons (Fsp3) is 0.300. The molecule has 0 N–H and O–H groups in total. The van der Waals surface area contributed by atoms with Gasteiger partial charge in [-0.25, -0.2) is 0 Å². The molecule has 100 valence electrons. The van der Waals surface area contributed by atoms with Crippen LogP contribution in [0.2, 0.25) is 0 Å². The predicted octanol–water partition coefficient (Wildman–Crippen LogP) is 5.39. The maximum atomic E-state index is 2.44. The van der Waals surface area contributed by atoms with Gasteiger partial charge in [0.15, 0.2) is 0 Å². The van der Waals surface area contributed by atoms with Gasteiger partial charge in [-0.2, -0.15) is 0 Å². The number of benzene rings is 3. The van der Waals surface area contributed by atoms with Crippen LogP contribution in [-0.4, -0.2) is 0 Å². The van der Waals surface area contributed by atoms with Crippen LogP contribution in [0.4, 0.5) is 0 Å². The Labute approximate surface area is 120 Å². The van der Waals surface area contributed by atoms with Gasteiger partial charge in [0.25, 0.3) is 0 Å². The molecule has 0 amide bonds. The molecule has 0 heteroatoms. The van der Waals surface area contributed by atoms with Gasteiger partial charge in [0.2, 0.25) is 0 Å². The van der Waals surface area contributed by atoms with E-state index in [9.17, 15) is 0 Å². The molecule has 4 rings (SSSR count). The Balaban J connectivity index is 2.18. The summed E-state index contributed by atoms with van der Waals surface area (Å²) in [6.07, 6.45) is 2.35. The maximum Gasteiger partial charge on any atom is -0.00702 e. The zero-order valence-corrected chi connectivity index (χ0v) is 12.5. The van der Waals surface area contributed by atoms with Crippen LogP contribution in [0, 0.1) is 0 Å². The summed E-state index contributed by atoms with van der Waals surface area (Å²) >= 11 is 0. The first-order valence-corrected chi connectivity index (χ1v) is 7.52. The van der Waals surface area contributed by atoms with Crippen molar-refractivity contribution in [3.8, 4) is 0 Å². The first-order chi connectivity index (χ1) is 9.54. The standard InChI is InChI=1S/C20H20/c1-20(2,3)17-11-15-9-7-13-5-4-6-14-8-10-16(12-17)19(15)18(13)14/h4-7,9,11-12H,8,10H2,1-3H3. The van der Waals surface area contributed by atoms with E-state index in [1.165, 1.54) is 51.1 Å². The Kier molecular flexibility index (Phi) is 2.30. The lowest BCUT2D eigenvalue weighted by Crippen LogP contribution is -2.12. The van der Waals surface area contributed by atoms with Crippen molar-refractivity contribution in [1.82, 2.24) is 0 Å². The lowest BCUT2D eigenvalue weighted by atomic mass is 9.80. The monoisotopic (exact) mass is 260 g/mol. The summed E-state index contributed by atoms with van der Waals surface area (Å²) in [5.41, 5.74) is 4.73. The molecule has 1 aliphatic rings. The predicted molar refractivity (Wildman–Crippen MR) is 87.6 cm³/mol. The highest BCUT2D eigenvalue weighted by Gasteiger charge is 2.20. The zero-order chi connectivity index (χ0) is 13.9. The minimum atomic E-state index is 0.219. The first-order valence-electron chi connectivity index (χ1n) is 7.52. The van der Waals surface area contributed by atoms with Gasteiger partial charge < -0.3 is 0 Å². The Morgan fingerprint density at radius 1 is 0.750 bits per heavy atom. The number of hydrogen-bond acceptors (Lipinski definition) is 0. The molecule has 0 saturated heterocycles. The van der Waals surface area contributed by atoms with Crippen molar-refractivity contribution >= 4 is 21.5 Å². The molecule has 3 aromatic carbocycles. The first kappa shape index (κ1) is 12.0. The minimum absolute atomic E-state index is 0.219. The van der Waals surface area contributed by atoms with Crippen LogP contribution in [0.1, 0.15) is 37.5 Å². The summed E-state index contributed by atoms with van der Waals surface area (Å²) in [5, 5.41) is 5.79. The average Bonchev–Trinajstić information content (AvgIpc) is 2.43. The van der Waals surface area contributed by atoms with Crippen molar-refractivity contribution in [3.05, 3.63) is 59.2 Å². The average molecular weight is 260 g/mol. The summed E-state index contributed by atoms with van der Waals surface area (Å²) in [7, 11) is 0. The molecule has 0 atom stereocenters. The molecule has 0 fully saturated rings. The lowest BCUT2D eigenvalue weighted by Gasteiger charge is -2.24. The third kappa shape index (κ3) is 1.61. The Bertz CT molecular complexity index is 832. The second-order valence-electron chi connectivity index (χ2n) is 7.06. The van der Waals surface area contributed by atoms with Crippen LogP contribution in [0.25, 0.3) is 21.5 Å². The molecule has 0 nitrogen and oxygen atoms in total. The van der Waals surface area contributed by atoms with Crippen LogP contribution >= 0.6 is 0 Å². The summed E-state index contributed by atoms with van der Waals surface area (Å²) in [6, 6.07) is 16.1. The molecule has 0 radical (unpaired) electrons. The van der Waals surface area contributed by atoms with E-state index in [0.29, 0.717) is 0 Å². The van der Waals surface area contributed by atoms with Gasteiger partial charge in [0, 0.05) is 0 Å². The van der Waals surface area contributed by atoms with Crippen LogP contribution in [0.5, 0.6) is 0 Å². The molecule has 3 aromatic rings. The minimum Gasteiger partial charge on any atom is -0.0614 e. The van der Waals surface area contributed by atoms with E-state index in [0.717, 1.165) is 0 Å². The van der Waals surface area contributed by atoms with Crippen molar-refractivity contribution < 1.29 is 0 Å². The topological polar surface area (TPSA) is 0 Å². The second-order valence-corrected chi connectivity index (χ2v) is 7.06. The van der Waals surface area contributed by atoms with Crippen molar-refractivity contribution in [2.75, 3.05) is 0 Å². The van der Waals surface area contributed by atoms with Crippen molar-refractivity contribution in [3.63, 3.8) is 0 Å². The van der Waals surface area contributed by atoms with Crippen molar-refractivity contribution in [2.24, 2.45) is 0 Å². The van der Waals surface area contributed by atoms with Crippen molar-refractivity contribution in [2.45, 2.75) is 39.0 Å². The SMILES string of the molecule is CC(C)(C)c1cc2c3c(ccc4cccc(c43)CC2)c1. The van der Waals surface area contributed by atoms with Gasteiger partial charge in [-0.05, 0) is 56.5 Å². The molecule has 0 spiro atoms. The quantitative estimate of drug-likeness (QED) is 0.475. The van der Waals surface area contributed by atoms with Gasteiger partial charge in [-0.1, -0.05) is 63.2 Å². The fourth-order valence-corrected chi connectivity index (χ4v) is 3.51. The molecular formula is C20H20. The number of hydrogen-bond donors (Lipinski definition) is 0. The number of rotatable bonds is 0. The number of aryl methyl sites for hydroxylation is 2. The van der Waals surface area contributed by atoms with Crippen LogP contribution in [-0.2, 0) is 18.3 Å². The molecule has 0 aliphatic heterocycles. The largest absolute Gasteiger partial charge is 0.0614 e. The Morgan fingerprint density at radius 3 is 2.25 bits per heavy atom. The highest BCUT2D eigenvalue weighted by Crippen LogP contribution is 2.38. The molecule has 0 unspecified atom stereocenters. The van der Waals surface area contributed by atoms with Crippen molar-refractivity contribution in [1.29, 1.82) is 0 Å². The van der Waals surface area contributed by atoms with E-state index in [1.807, 2.05) is 0 Å². The van der Waals surface area contributed by atoms with E-state index >= 15 is 0 Å². The lowest BCUT2D eigenvalue weighted by molar-refractivity contribution is 0.590. The Hall–Kier alpha value is -1.82. The van der Waals surface area contributed by atoms with Crippen LogP contribution in [0.15, 0.2) is 42.5 Å².